The SMILES string of the molecule is CC1(c2ccccc2)c2ccccc2-c2ccc(-c3cc(-c4ccc(-c5ccc6cc(-c7cccc8oc9ccccc9c78)ccc6c5)cc4)nc(-c4ccccc4)n3)cc21. The number of hydrogen-bond donors (Lipinski definition) is 0. The molecule has 2 heterocycles. The summed E-state index contributed by atoms with van der Waals surface area (Å²) in [4.78, 5) is 10.4. The molecule has 3 heteroatoms. The summed E-state index contributed by atoms with van der Waals surface area (Å²) in [5, 5.41) is 4.69. The van der Waals surface area contributed by atoms with Gasteiger partial charge in [0.05, 0.1) is 11.4 Å². The highest BCUT2D eigenvalue weighted by Crippen LogP contribution is 2.53. The number of hydrogen-bond acceptors (Lipinski definition) is 3. The molecule has 0 saturated carbocycles. The second-order valence-corrected chi connectivity index (χ2v) is 16.3. The molecule has 0 amide bonds. The molecule has 0 spiro atoms. The van der Waals surface area contributed by atoms with Crippen molar-refractivity contribution in [2.75, 3.05) is 0 Å². The van der Waals surface area contributed by atoms with Gasteiger partial charge in [-0.2, -0.15) is 0 Å². The monoisotopic (exact) mass is 778 g/mol. The average molecular weight is 779 g/mol. The Kier molecular flexibility index (Phi) is 7.98. The Morgan fingerprint density at radius 2 is 0.967 bits per heavy atom. The molecule has 11 aromatic rings. The lowest BCUT2D eigenvalue weighted by Gasteiger charge is -2.28. The zero-order valence-corrected chi connectivity index (χ0v) is 33.5. The molecule has 2 aromatic heterocycles. The molecule has 0 N–H and O–H groups in total. The molecule has 0 aliphatic heterocycles. The van der Waals surface area contributed by atoms with Crippen molar-refractivity contribution < 1.29 is 4.42 Å². The molecule has 12 rings (SSSR count). The van der Waals surface area contributed by atoms with Crippen LogP contribution in [0, 0.1) is 0 Å². The summed E-state index contributed by atoms with van der Waals surface area (Å²) < 4.78 is 6.19. The number of rotatable bonds is 6. The van der Waals surface area contributed by atoms with E-state index in [1.165, 1.54) is 55.3 Å². The van der Waals surface area contributed by atoms with Crippen LogP contribution < -0.4 is 0 Å². The van der Waals surface area contributed by atoms with Crippen molar-refractivity contribution in [3.05, 3.63) is 229 Å². The largest absolute Gasteiger partial charge is 0.456 e. The molecular formula is C58H38N2O. The van der Waals surface area contributed by atoms with E-state index in [0.29, 0.717) is 5.82 Å². The highest BCUT2D eigenvalue weighted by atomic mass is 16.3. The van der Waals surface area contributed by atoms with E-state index in [1.807, 2.05) is 30.3 Å². The maximum atomic E-state index is 6.19. The van der Waals surface area contributed by atoms with Crippen molar-refractivity contribution >= 4 is 32.7 Å². The van der Waals surface area contributed by atoms with Crippen molar-refractivity contribution in [2.24, 2.45) is 0 Å². The number of furan rings is 1. The number of nitrogens with zero attached hydrogens (tertiary/aromatic N) is 2. The molecular weight excluding hydrogens is 741 g/mol. The van der Waals surface area contributed by atoms with E-state index in [1.54, 1.807) is 0 Å². The van der Waals surface area contributed by atoms with Crippen molar-refractivity contribution in [1.29, 1.82) is 0 Å². The van der Waals surface area contributed by atoms with Gasteiger partial charge in [-0.15, -0.1) is 0 Å². The van der Waals surface area contributed by atoms with Crippen LogP contribution in [-0.2, 0) is 5.41 Å². The fourth-order valence-corrected chi connectivity index (χ4v) is 9.63. The van der Waals surface area contributed by atoms with Crippen molar-refractivity contribution in [1.82, 2.24) is 9.97 Å². The van der Waals surface area contributed by atoms with Crippen LogP contribution in [0.15, 0.2) is 217 Å². The molecule has 0 bridgehead atoms. The van der Waals surface area contributed by atoms with Crippen LogP contribution in [0.2, 0.25) is 0 Å². The van der Waals surface area contributed by atoms with Crippen molar-refractivity contribution in [3.63, 3.8) is 0 Å². The summed E-state index contributed by atoms with van der Waals surface area (Å²) in [5.41, 5.74) is 17.5. The topological polar surface area (TPSA) is 38.9 Å². The third-order valence-electron chi connectivity index (χ3n) is 12.8. The molecule has 9 aromatic carbocycles. The molecule has 0 fully saturated rings. The van der Waals surface area contributed by atoms with Gasteiger partial charge in [-0.3, -0.25) is 0 Å². The van der Waals surface area contributed by atoms with Crippen LogP contribution in [0.3, 0.4) is 0 Å². The zero-order chi connectivity index (χ0) is 40.5. The Balaban J connectivity index is 0.905. The summed E-state index contributed by atoms with van der Waals surface area (Å²) in [6.07, 6.45) is 0. The summed E-state index contributed by atoms with van der Waals surface area (Å²) in [5.74, 6) is 0.706. The summed E-state index contributed by atoms with van der Waals surface area (Å²) in [6, 6.07) is 75.9. The van der Waals surface area contributed by atoms with Gasteiger partial charge in [-0.1, -0.05) is 176 Å². The standard InChI is InChI=1S/C58H38N2O/c1-58(45-15-6-3-7-16-45)50-20-10-8-17-47(50)48-32-31-44(35-51(48)58)53-36-52(59-57(60-53)39-13-4-2-5-14-39)38-25-23-37(24-26-38)40-27-28-42-34-43(30-29-41(42)33-40)46-19-12-22-55-56(46)49-18-9-11-21-54(49)61-55/h2-36H,1H3. The normalized spacial score (nSPS) is 14.4. The predicted molar refractivity (Wildman–Crippen MR) is 251 cm³/mol. The Labute approximate surface area is 354 Å². The molecule has 0 saturated heterocycles. The summed E-state index contributed by atoms with van der Waals surface area (Å²) in [6.45, 7) is 2.36. The summed E-state index contributed by atoms with van der Waals surface area (Å²) >= 11 is 0. The predicted octanol–water partition coefficient (Wildman–Crippen LogP) is 15.2. The Morgan fingerprint density at radius 1 is 0.377 bits per heavy atom. The molecule has 3 nitrogen and oxygen atoms in total. The smallest absolute Gasteiger partial charge is 0.160 e. The lowest BCUT2D eigenvalue weighted by Crippen LogP contribution is -2.22. The van der Waals surface area contributed by atoms with E-state index in [9.17, 15) is 0 Å². The van der Waals surface area contributed by atoms with E-state index in [4.69, 9.17) is 14.4 Å². The molecule has 1 atom stereocenters. The van der Waals surface area contributed by atoms with Crippen molar-refractivity contribution in [2.45, 2.75) is 12.3 Å². The number of benzene rings is 9. The first-order chi connectivity index (χ1) is 30.1. The van der Waals surface area contributed by atoms with E-state index in [2.05, 4.69) is 189 Å². The maximum absolute atomic E-state index is 6.19. The van der Waals surface area contributed by atoms with Gasteiger partial charge >= 0.3 is 0 Å². The molecule has 1 aliphatic carbocycles. The van der Waals surface area contributed by atoms with Crippen LogP contribution >= 0.6 is 0 Å². The van der Waals surface area contributed by atoms with Crippen LogP contribution in [0.5, 0.6) is 0 Å². The van der Waals surface area contributed by atoms with Gasteiger partial charge in [0.2, 0.25) is 0 Å². The maximum Gasteiger partial charge on any atom is 0.160 e. The molecule has 61 heavy (non-hydrogen) atoms. The van der Waals surface area contributed by atoms with Gasteiger partial charge in [-0.25, -0.2) is 9.97 Å². The third-order valence-corrected chi connectivity index (χ3v) is 12.8. The fraction of sp³-hybridized carbons (Fsp3) is 0.0345. The fourth-order valence-electron chi connectivity index (χ4n) is 9.63. The number of aromatic nitrogens is 2. The van der Waals surface area contributed by atoms with Gasteiger partial charge in [0.25, 0.3) is 0 Å². The van der Waals surface area contributed by atoms with Crippen LogP contribution in [0.1, 0.15) is 23.6 Å². The van der Waals surface area contributed by atoms with Crippen LogP contribution in [-0.4, -0.2) is 9.97 Å². The van der Waals surface area contributed by atoms with Crippen LogP contribution in [0.4, 0.5) is 0 Å². The van der Waals surface area contributed by atoms with Gasteiger partial charge < -0.3 is 4.42 Å². The van der Waals surface area contributed by atoms with Gasteiger partial charge in [0, 0.05) is 32.9 Å². The highest BCUT2D eigenvalue weighted by molar-refractivity contribution is 6.13. The number of para-hydroxylation sites is 1. The highest BCUT2D eigenvalue weighted by Gasteiger charge is 2.40. The first-order valence-electron chi connectivity index (χ1n) is 20.9. The Bertz CT molecular complexity index is 3480. The molecule has 286 valence electrons. The Morgan fingerprint density at radius 3 is 1.79 bits per heavy atom. The van der Waals surface area contributed by atoms with Gasteiger partial charge in [0.1, 0.15) is 11.2 Å². The lowest BCUT2D eigenvalue weighted by atomic mass is 9.74. The van der Waals surface area contributed by atoms with Crippen molar-refractivity contribution in [3.8, 4) is 67.3 Å². The third kappa shape index (κ3) is 5.73. The summed E-state index contributed by atoms with van der Waals surface area (Å²) in [7, 11) is 0. The molecule has 1 unspecified atom stereocenters. The zero-order valence-electron chi connectivity index (χ0n) is 33.5. The quantitative estimate of drug-likeness (QED) is 0.169. The minimum Gasteiger partial charge on any atom is -0.456 e. The second kappa shape index (κ2) is 13.9. The van der Waals surface area contributed by atoms with E-state index < -0.39 is 0 Å². The Hall–Kier alpha value is -7.88. The average Bonchev–Trinajstić information content (AvgIpc) is 3.85. The minimum absolute atomic E-state index is 0.299. The first-order valence-corrected chi connectivity index (χ1v) is 20.9. The molecule has 0 radical (unpaired) electrons. The first kappa shape index (κ1) is 35.1. The lowest BCUT2D eigenvalue weighted by molar-refractivity contribution is 0.669. The molecule has 1 aliphatic rings. The van der Waals surface area contributed by atoms with Gasteiger partial charge in [0.15, 0.2) is 5.82 Å². The van der Waals surface area contributed by atoms with E-state index >= 15 is 0 Å². The minimum atomic E-state index is -0.299. The number of fused-ring (bicyclic) bond motifs is 7. The second-order valence-electron chi connectivity index (χ2n) is 16.3. The van der Waals surface area contributed by atoms with E-state index in [-0.39, 0.29) is 5.41 Å². The van der Waals surface area contributed by atoms with Gasteiger partial charge in [-0.05, 0) is 104 Å². The van der Waals surface area contributed by atoms with E-state index in [0.717, 1.165) is 55.6 Å². The van der Waals surface area contributed by atoms with Crippen LogP contribution in [0.25, 0.3) is 100.0 Å².